The number of nitrogens with zero attached hydrogens (tertiary/aromatic N) is 1. The molecule has 0 aromatic heterocycles. The number of esters is 1. The van der Waals surface area contributed by atoms with Gasteiger partial charge in [0.1, 0.15) is 6.10 Å². The minimum atomic E-state index is -4.38. The molecule has 0 aliphatic carbocycles. The van der Waals surface area contributed by atoms with Crippen LogP contribution in [0, 0.1) is 0 Å². The molecular formula is C19H20F3NO3. The van der Waals surface area contributed by atoms with Gasteiger partial charge in [-0.3, -0.25) is 4.79 Å². The lowest BCUT2D eigenvalue weighted by Gasteiger charge is -2.31. The summed E-state index contributed by atoms with van der Waals surface area (Å²) in [7, 11) is 0. The molecule has 1 amide bonds. The molecule has 0 N–H and O–H groups in total. The lowest BCUT2D eigenvalue weighted by atomic mass is 10.1. The Balaban J connectivity index is 1.86. The molecule has 1 fully saturated rings. The number of carbonyl (C=O) groups excluding carboxylic acids is 2. The number of ether oxygens (including phenoxy) is 1. The van der Waals surface area contributed by atoms with Gasteiger partial charge in [-0.1, -0.05) is 18.7 Å². The van der Waals surface area contributed by atoms with Gasteiger partial charge in [-0.2, -0.15) is 13.2 Å². The Bertz CT molecular complexity index is 700. The number of halogens is 3. The highest BCUT2D eigenvalue weighted by Gasteiger charge is 2.29. The molecule has 0 unspecified atom stereocenters. The summed E-state index contributed by atoms with van der Waals surface area (Å²) in [5, 5.41) is 0. The normalized spacial score (nSPS) is 15.9. The van der Waals surface area contributed by atoms with Crippen LogP contribution >= 0.6 is 0 Å². The Labute approximate surface area is 149 Å². The SMILES string of the molecule is C=C(C)C(=O)OC1CCN(C(=O)/C=C/c2ccc(C(F)(F)F)cc2)CC1. The molecule has 4 nitrogen and oxygen atoms in total. The van der Waals surface area contributed by atoms with Gasteiger partial charge in [0.15, 0.2) is 0 Å². The number of amides is 1. The van der Waals surface area contributed by atoms with Crippen molar-refractivity contribution in [2.24, 2.45) is 0 Å². The van der Waals surface area contributed by atoms with Crippen LogP contribution in [-0.2, 0) is 20.5 Å². The number of benzene rings is 1. The second kappa shape index (κ2) is 8.21. The first kappa shape index (κ1) is 19.8. The van der Waals surface area contributed by atoms with Crippen LogP contribution in [0.3, 0.4) is 0 Å². The minimum Gasteiger partial charge on any atom is -0.459 e. The summed E-state index contributed by atoms with van der Waals surface area (Å²) in [6.45, 7) is 6.00. The van der Waals surface area contributed by atoms with Gasteiger partial charge in [0, 0.05) is 37.6 Å². The molecule has 1 aliphatic rings. The lowest BCUT2D eigenvalue weighted by molar-refractivity contribution is -0.147. The van der Waals surface area contributed by atoms with Crippen molar-refractivity contribution in [2.75, 3.05) is 13.1 Å². The van der Waals surface area contributed by atoms with E-state index < -0.39 is 17.7 Å². The van der Waals surface area contributed by atoms with E-state index in [4.69, 9.17) is 4.74 Å². The van der Waals surface area contributed by atoms with Gasteiger partial charge in [0.25, 0.3) is 0 Å². The lowest BCUT2D eigenvalue weighted by Crippen LogP contribution is -2.40. The van der Waals surface area contributed by atoms with E-state index in [0.29, 0.717) is 37.1 Å². The third kappa shape index (κ3) is 5.47. The maximum atomic E-state index is 12.5. The molecule has 0 spiro atoms. The Kier molecular flexibility index (Phi) is 6.23. The van der Waals surface area contributed by atoms with Gasteiger partial charge >= 0.3 is 12.1 Å². The van der Waals surface area contributed by atoms with Gasteiger partial charge in [0.05, 0.1) is 5.56 Å². The zero-order valence-electron chi connectivity index (χ0n) is 14.4. The van der Waals surface area contributed by atoms with Gasteiger partial charge in [-0.25, -0.2) is 4.79 Å². The van der Waals surface area contributed by atoms with Crippen LogP contribution in [0.2, 0.25) is 0 Å². The summed E-state index contributed by atoms with van der Waals surface area (Å²) in [4.78, 5) is 25.3. The topological polar surface area (TPSA) is 46.6 Å². The average molecular weight is 367 g/mol. The molecular weight excluding hydrogens is 347 g/mol. The molecule has 2 rings (SSSR count). The number of piperidine rings is 1. The third-order valence-electron chi connectivity index (χ3n) is 4.03. The van der Waals surface area contributed by atoms with E-state index in [1.54, 1.807) is 11.8 Å². The fourth-order valence-electron chi connectivity index (χ4n) is 2.50. The first-order valence-electron chi connectivity index (χ1n) is 8.17. The standard InChI is InChI=1S/C19H20F3NO3/c1-13(2)18(25)26-16-9-11-23(12-10-16)17(24)8-5-14-3-6-15(7-4-14)19(20,21)22/h3-8,16H,1,9-12H2,2H3/b8-5+. The summed E-state index contributed by atoms with van der Waals surface area (Å²) >= 11 is 0. The molecule has 1 aliphatic heterocycles. The fraction of sp³-hybridized carbons (Fsp3) is 0.368. The number of rotatable bonds is 4. The van der Waals surface area contributed by atoms with E-state index in [1.807, 2.05) is 0 Å². The van der Waals surface area contributed by atoms with E-state index in [0.717, 1.165) is 12.1 Å². The molecule has 26 heavy (non-hydrogen) atoms. The van der Waals surface area contributed by atoms with Crippen LogP contribution in [0.1, 0.15) is 30.9 Å². The molecule has 140 valence electrons. The smallest absolute Gasteiger partial charge is 0.416 e. The Morgan fingerprint density at radius 3 is 2.27 bits per heavy atom. The minimum absolute atomic E-state index is 0.227. The van der Waals surface area contributed by atoms with Crippen molar-refractivity contribution in [3.63, 3.8) is 0 Å². The molecule has 7 heteroatoms. The molecule has 1 aromatic carbocycles. The molecule has 0 radical (unpaired) electrons. The van der Waals surface area contributed by atoms with E-state index in [2.05, 4.69) is 6.58 Å². The van der Waals surface area contributed by atoms with Crippen LogP contribution in [0.4, 0.5) is 13.2 Å². The van der Waals surface area contributed by atoms with Crippen molar-refractivity contribution in [3.05, 3.63) is 53.6 Å². The Morgan fingerprint density at radius 1 is 1.19 bits per heavy atom. The van der Waals surface area contributed by atoms with Gasteiger partial charge < -0.3 is 9.64 Å². The Hall–Kier alpha value is -2.57. The van der Waals surface area contributed by atoms with Gasteiger partial charge in [-0.15, -0.1) is 0 Å². The van der Waals surface area contributed by atoms with Crippen molar-refractivity contribution in [2.45, 2.75) is 32.0 Å². The average Bonchev–Trinajstić information content (AvgIpc) is 2.59. The van der Waals surface area contributed by atoms with Crippen LogP contribution < -0.4 is 0 Å². The first-order valence-corrected chi connectivity index (χ1v) is 8.17. The predicted octanol–water partition coefficient (Wildman–Crippen LogP) is 3.83. The highest BCUT2D eigenvalue weighted by molar-refractivity contribution is 5.92. The summed E-state index contributed by atoms with van der Waals surface area (Å²) < 4.78 is 42.8. The zero-order valence-corrected chi connectivity index (χ0v) is 14.4. The van der Waals surface area contributed by atoms with Crippen molar-refractivity contribution < 1.29 is 27.5 Å². The summed E-state index contributed by atoms with van der Waals surface area (Å²) in [6.07, 6.45) is -0.714. The first-order chi connectivity index (χ1) is 12.2. The monoisotopic (exact) mass is 367 g/mol. The second-order valence-corrected chi connectivity index (χ2v) is 6.16. The summed E-state index contributed by atoms with van der Waals surface area (Å²) in [5.41, 5.74) is 0.118. The third-order valence-corrected chi connectivity index (χ3v) is 4.03. The van der Waals surface area contributed by atoms with Crippen molar-refractivity contribution in [3.8, 4) is 0 Å². The van der Waals surface area contributed by atoms with Crippen LogP contribution in [0.15, 0.2) is 42.5 Å². The summed E-state index contributed by atoms with van der Waals surface area (Å²) in [5.74, 6) is -0.661. The van der Waals surface area contributed by atoms with E-state index in [1.165, 1.54) is 24.3 Å². The zero-order chi connectivity index (χ0) is 19.3. The van der Waals surface area contributed by atoms with Crippen molar-refractivity contribution in [1.29, 1.82) is 0 Å². The largest absolute Gasteiger partial charge is 0.459 e. The summed E-state index contributed by atoms with van der Waals surface area (Å²) in [6, 6.07) is 4.59. The number of likely N-dealkylation sites (tertiary alicyclic amines) is 1. The van der Waals surface area contributed by atoms with E-state index in [-0.39, 0.29) is 12.0 Å². The second-order valence-electron chi connectivity index (χ2n) is 6.16. The highest BCUT2D eigenvalue weighted by Crippen LogP contribution is 2.29. The van der Waals surface area contributed by atoms with E-state index >= 15 is 0 Å². The van der Waals surface area contributed by atoms with Crippen molar-refractivity contribution >= 4 is 18.0 Å². The molecule has 1 aromatic rings. The molecule has 0 atom stereocenters. The van der Waals surface area contributed by atoms with Crippen LogP contribution in [-0.4, -0.2) is 36.0 Å². The fourth-order valence-corrected chi connectivity index (χ4v) is 2.50. The highest BCUT2D eigenvalue weighted by atomic mass is 19.4. The van der Waals surface area contributed by atoms with Gasteiger partial charge in [-0.05, 0) is 30.7 Å². The Morgan fingerprint density at radius 2 is 1.77 bits per heavy atom. The van der Waals surface area contributed by atoms with Crippen molar-refractivity contribution in [1.82, 2.24) is 4.90 Å². The quantitative estimate of drug-likeness (QED) is 0.600. The maximum Gasteiger partial charge on any atom is 0.416 e. The molecule has 1 heterocycles. The predicted molar refractivity (Wildman–Crippen MR) is 91.0 cm³/mol. The van der Waals surface area contributed by atoms with Gasteiger partial charge in [0.2, 0.25) is 5.91 Å². The number of carbonyl (C=O) groups is 2. The number of hydrogen-bond donors (Lipinski definition) is 0. The number of alkyl halides is 3. The molecule has 0 saturated carbocycles. The van der Waals surface area contributed by atoms with Crippen LogP contribution in [0.5, 0.6) is 0 Å². The van der Waals surface area contributed by atoms with Crippen LogP contribution in [0.25, 0.3) is 6.08 Å². The molecule has 0 bridgehead atoms. The van der Waals surface area contributed by atoms with E-state index in [9.17, 15) is 22.8 Å². The number of hydrogen-bond acceptors (Lipinski definition) is 3. The maximum absolute atomic E-state index is 12.5. The molecule has 1 saturated heterocycles.